The number of aliphatic carboxylic acids is 1. The molecule has 2 rings (SSSR count). The summed E-state index contributed by atoms with van der Waals surface area (Å²) < 4.78 is 0. The SMILES string of the molecule is O=C(O)Cc1cccc(NC(=O)C2CCCC2)c1. The van der Waals surface area contributed by atoms with E-state index in [1.165, 1.54) is 0 Å². The molecule has 0 unspecified atom stereocenters. The first-order valence-corrected chi connectivity index (χ1v) is 6.27. The van der Waals surface area contributed by atoms with Gasteiger partial charge >= 0.3 is 5.97 Å². The Morgan fingerprint density at radius 2 is 2.00 bits per heavy atom. The Hall–Kier alpha value is -1.84. The predicted molar refractivity (Wildman–Crippen MR) is 68.4 cm³/mol. The van der Waals surface area contributed by atoms with Crippen molar-refractivity contribution in [2.75, 3.05) is 5.32 Å². The first-order valence-electron chi connectivity index (χ1n) is 6.27. The van der Waals surface area contributed by atoms with Crippen molar-refractivity contribution in [3.05, 3.63) is 29.8 Å². The lowest BCUT2D eigenvalue weighted by molar-refractivity contribution is -0.136. The van der Waals surface area contributed by atoms with Gasteiger partial charge in [-0.3, -0.25) is 9.59 Å². The molecule has 1 saturated carbocycles. The lowest BCUT2D eigenvalue weighted by Crippen LogP contribution is -2.20. The maximum Gasteiger partial charge on any atom is 0.307 e. The fraction of sp³-hybridized carbons (Fsp3) is 0.429. The maximum atomic E-state index is 11.9. The summed E-state index contributed by atoms with van der Waals surface area (Å²) in [6.07, 6.45) is 4.14. The Morgan fingerprint density at radius 1 is 1.28 bits per heavy atom. The highest BCUT2D eigenvalue weighted by Crippen LogP contribution is 2.26. The zero-order chi connectivity index (χ0) is 13.0. The Bertz CT molecular complexity index is 450. The van der Waals surface area contributed by atoms with Gasteiger partial charge < -0.3 is 10.4 Å². The van der Waals surface area contributed by atoms with Crippen LogP contribution >= 0.6 is 0 Å². The molecule has 2 N–H and O–H groups in total. The van der Waals surface area contributed by atoms with E-state index in [9.17, 15) is 9.59 Å². The molecule has 0 saturated heterocycles. The Morgan fingerprint density at radius 3 is 2.67 bits per heavy atom. The van der Waals surface area contributed by atoms with Crippen molar-refractivity contribution >= 4 is 17.6 Å². The second-order valence-corrected chi connectivity index (χ2v) is 4.74. The molecule has 1 amide bonds. The number of hydrogen-bond acceptors (Lipinski definition) is 2. The number of carboxylic acid groups (broad SMARTS) is 1. The van der Waals surface area contributed by atoms with Crippen LogP contribution in [0.25, 0.3) is 0 Å². The van der Waals surface area contributed by atoms with Gasteiger partial charge in [0, 0.05) is 11.6 Å². The van der Waals surface area contributed by atoms with Crippen LogP contribution in [0.1, 0.15) is 31.2 Å². The summed E-state index contributed by atoms with van der Waals surface area (Å²) in [5.41, 5.74) is 1.39. The van der Waals surface area contributed by atoms with Crippen LogP contribution in [0.2, 0.25) is 0 Å². The predicted octanol–water partition coefficient (Wildman–Crippen LogP) is 2.44. The summed E-state index contributed by atoms with van der Waals surface area (Å²) in [6.45, 7) is 0. The zero-order valence-electron chi connectivity index (χ0n) is 10.2. The van der Waals surface area contributed by atoms with Crippen molar-refractivity contribution in [2.24, 2.45) is 5.92 Å². The number of carbonyl (C=O) groups is 2. The largest absolute Gasteiger partial charge is 0.481 e. The number of amides is 1. The molecule has 1 fully saturated rings. The fourth-order valence-electron chi connectivity index (χ4n) is 2.37. The van der Waals surface area contributed by atoms with Crippen LogP contribution < -0.4 is 5.32 Å². The third kappa shape index (κ3) is 3.32. The molecule has 18 heavy (non-hydrogen) atoms. The van der Waals surface area contributed by atoms with Crippen molar-refractivity contribution < 1.29 is 14.7 Å². The molecule has 1 aromatic carbocycles. The van der Waals surface area contributed by atoms with E-state index in [4.69, 9.17) is 5.11 Å². The molecule has 0 bridgehead atoms. The van der Waals surface area contributed by atoms with Gasteiger partial charge in [-0.2, -0.15) is 0 Å². The van der Waals surface area contributed by atoms with E-state index in [1.807, 2.05) is 0 Å². The van der Waals surface area contributed by atoms with Crippen LogP contribution in [0, 0.1) is 5.92 Å². The van der Waals surface area contributed by atoms with E-state index < -0.39 is 5.97 Å². The molecular weight excluding hydrogens is 230 g/mol. The molecule has 96 valence electrons. The Kier molecular flexibility index (Phi) is 3.97. The number of benzene rings is 1. The summed E-state index contributed by atoms with van der Waals surface area (Å²) in [5.74, 6) is -0.692. The molecule has 1 aromatic rings. The van der Waals surface area contributed by atoms with E-state index in [0.717, 1.165) is 25.7 Å². The minimum absolute atomic E-state index is 0.0207. The number of nitrogens with one attached hydrogen (secondary N) is 1. The number of anilines is 1. The van der Waals surface area contributed by atoms with Crippen molar-refractivity contribution in [1.29, 1.82) is 0 Å². The normalized spacial score (nSPS) is 15.6. The van der Waals surface area contributed by atoms with Crippen molar-refractivity contribution in [2.45, 2.75) is 32.1 Å². The molecule has 0 aromatic heterocycles. The molecule has 4 nitrogen and oxygen atoms in total. The minimum Gasteiger partial charge on any atom is -0.481 e. The van der Waals surface area contributed by atoms with Gasteiger partial charge in [-0.15, -0.1) is 0 Å². The van der Waals surface area contributed by atoms with Gasteiger partial charge in [0.1, 0.15) is 0 Å². The zero-order valence-corrected chi connectivity index (χ0v) is 10.2. The quantitative estimate of drug-likeness (QED) is 0.858. The highest BCUT2D eigenvalue weighted by Gasteiger charge is 2.22. The van der Waals surface area contributed by atoms with Gasteiger partial charge in [0.05, 0.1) is 6.42 Å². The van der Waals surface area contributed by atoms with Gasteiger partial charge in [-0.25, -0.2) is 0 Å². The van der Waals surface area contributed by atoms with Crippen LogP contribution in [0.4, 0.5) is 5.69 Å². The van der Waals surface area contributed by atoms with Crippen molar-refractivity contribution in [3.8, 4) is 0 Å². The Balaban J connectivity index is 2.00. The third-order valence-corrected chi connectivity index (χ3v) is 3.28. The van der Waals surface area contributed by atoms with Crippen molar-refractivity contribution in [1.82, 2.24) is 0 Å². The van der Waals surface area contributed by atoms with Gasteiger partial charge in [0.15, 0.2) is 0 Å². The molecule has 1 aliphatic carbocycles. The van der Waals surface area contributed by atoms with Crippen LogP contribution in [-0.4, -0.2) is 17.0 Å². The monoisotopic (exact) mass is 247 g/mol. The second-order valence-electron chi connectivity index (χ2n) is 4.74. The minimum atomic E-state index is -0.866. The average molecular weight is 247 g/mol. The maximum absolute atomic E-state index is 11.9. The molecule has 0 radical (unpaired) electrons. The summed E-state index contributed by atoms with van der Waals surface area (Å²) in [7, 11) is 0. The topological polar surface area (TPSA) is 66.4 Å². The van der Waals surface area contributed by atoms with Crippen LogP contribution in [0.15, 0.2) is 24.3 Å². The van der Waals surface area contributed by atoms with Crippen LogP contribution in [0.5, 0.6) is 0 Å². The molecule has 0 aliphatic heterocycles. The van der Waals surface area contributed by atoms with Crippen LogP contribution in [0.3, 0.4) is 0 Å². The first-order chi connectivity index (χ1) is 8.65. The van der Waals surface area contributed by atoms with Gasteiger partial charge in [-0.1, -0.05) is 25.0 Å². The molecule has 0 heterocycles. The molecule has 0 atom stereocenters. The molecular formula is C14H17NO3. The fourth-order valence-corrected chi connectivity index (χ4v) is 2.37. The highest BCUT2D eigenvalue weighted by atomic mass is 16.4. The molecule has 0 spiro atoms. The van der Waals surface area contributed by atoms with E-state index >= 15 is 0 Å². The summed E-state index contributed by atoms with van der Waals surface area (Å²) in [6, 6.07) is 7.03. The number of hydrogen-bond donors (Lipinski definition) is 2. The molecule has 1 aliphatic rings. The lowest BCUT2D eigenvalue weighted by atomic mass is 10.1. The summed E-state index contributed by atoms with van der Waals surface area (Å²) in [5, 5.41) is 11.6. The van der Waals surface area contributed by atoms with Gasteiger partial charge in [0.25, 0.3) is 0 Å². The number of rotatable bonds is 4. The van der Waals surface area contributed by atoms with Gasteiger partial charge in [-0.05, 0) is 30.5 Å². The standard InChI is InChI=1S/C14H17NO3/c16-13(17)9-10-4-3-7-12(8-10)15-14(18)11-5-1-2-6-11/h3-4,7-8,11H,1-2,5-6,9H2,(H,15,18)(H,16,17). The highest BCUT2D eigenvalue weighted by molar-refractivity contribution is 5.92. The van der Waals surface area contributed by atoms with Crippen LogP contribution in [-0.2, 0) is 16.0 Å². The second kappa shape index (κ2) is 5.67. The van der Waals surface area contributed by atoms with E-state index in [1.54, 1.807) is 24.3 Å². The van der Waals surface area contributed by atoms with E-state index in [-0.39, 0.29) is 18.2 Å². The van der Waals surface area contributed by atoms with Gasteiger partial charge in [0.2, 0.25) is 5.91 Å². The summed E-state index contributed by atoms with van der Waals surface area (Å²) >= 11 is 0. The lowest BCUT2D eigenvalue weighted by Gasteiger charge is -2.11. The summed E-state index contributed by atoms with van der Waals surface area (Å²) in [4.78, 5) is 22.5. The van der Waals surface area contributed by atoms with E-state index in [0.29, 0.717) is 11.3 Å². The van der Waals surface area contributed by atoms with E-state index in [2.05, 4.69) is 5.32 Å². The average Bonchev–Trinajstić information content (AvgIpc) is 2.81. The number of carboxylic acids is 1. The first kappa shape index (κ1) is 12.6. The number of carbonyl (C=O) groups excluding carboxylic acids is 1. The Labute approximate surface area is 106 Å². The van der Waals surface area contributed by atoms with Crippen molar-refractivity contribution in [3.63, 3.8) is 0 Å². The molecule has 4 heteroatoms. The smallest absolute Gasteiger partial charge is 0.307 e. The third-order valence-electron chi connectivity index (χ3n) is 3.28.